The molecule has 0 unspecified atom stereocenters. The quantitative estimate of drug-likeness (QED) is 0.744. The van der Waals surface area contributed by atoms with E-state index in [9.17, 15) is 4.79 Å². The van der Waals surface area contributed by atoms with Gasteiger partial charge in [-0.15, -0.1) is 5.10 Å². The van der Waals surface area contributed by atoms with Gasteiger partial charge in [0.1, 0.15) is 11.2 Å². The Bertz CT molecular complexity index is 915. The fourth-order valence-electron chi connectivity index (χ4n) is 3.16. The Morgan fingerprint density at radius 3 is 2.81 bits per heavy atom. The second kappa shape index (κ2) is 7.09. The zero-order valence-corrected chi connectivity index (χ0v) is 14.6. The number of nitrogens with one attached hydrogen (secondary N) is 2. The van der Waals surface area contributed by atoms with Crippen LogP contribution in [0.25, 0.3) is 11.2 Å². The summed E-state index contributed by atoms with van der Waals surface area (Å²) in [7, 11) is 0. The van der Waals surface area contributed by atoms with E-state index in [4.69, 9.17) is 0 Å². The van der Waals surface area contributed by atoms with Gasteiger partial charge in [0.05, 0.1) is 0 Å². The first-order chi connectivity index (χ1) is 12.7. The third-order valence-electron chi connectivity index (χ3n) is 4.70. The lowest BCUT2D eigenvalue weighted by Gasteiger charge is -2.35. The lowest BCUT2D eigenvalue weighted by atomic mass is 10.2. The van der Waals surface area contributed by atoms with Gasteiger partial charge in [-0.1, -0.05) is 13.0 Å². The van der Waals surface area contributed by atoms with Gasteiger partial charge in [0.25, 0.3) is 5.91 Å². The van der Waals surface area contributed by atoms with E-state index in [1.165, 1.54) is 0 Å². The molecule has 1 fully saturated rings. The van der Waals surface area contributed by atoms with Crippen molar-refractivity contribution in [3.05, 3.63) is 42.1 Å². The molecular weight excluding hydrogens is 330 g/mol. The van der Waals surface area contributed by atoms with Gasteiger partial charge in [-0.2, -0.15) is 10.3 Å². The number of aromatic amines is 1. The summed E-state index contributed by atoms with van der Waals surface area (Å²) < 4.78 is 0. The maximum atomic E-state index is 12.5. The molecule has 0 radical (unpaired) electrons. The van der Waals surface area contributed by atoms with E-state index in [0.717, 1.165) is 44.1 Å². The summed E-state index contributed by atoms with van der Waals surface area (Å²) in [6, 6.07) is 11.3. The van der Waals surface area contributed by atoms with Crippen molar-refractivity contribution >= 4 is 28.4 Å². The monoisotopic (exact) mass is 351 g/mol. The van der Waals surface area contributed by atoms with Crippen molar-refractivity contribution in [2.45, 2.75) is 6.92 Å². The molecule has 2 aromatic heterocycles. The molecule has 1 saturated heterocycles. The van der Waals surface area contributed by atoms with Gasteiger partial charge in [-0.05, 0) is 36.9 Å². The van der Waals surface area contributed by atoms with E-state index in [1.807, 2.05) is 18.2 Å². The van der Waals surface area contributed by atoms with Crippen LogP contribution in [0.1, 0.15) is 17.4 Å². The molecule has 1 aliphatic rings. The normalized spacial score (nSPS) is 15.3. The van der Waals surface area contributed by atoms with Crippen LogP contribution in [0.2, 0.25) is 0 Å². The number of carbonyl (C=O) groups is 1. The molecule has 0 bridgehead atoms. The summed E-state index contributed by atoms with van der Waals surface area (Å²) in [5.41, 5.74) is 3.26. The summed E-state index contributed by atoms with van der Waals surface area (Å²) in [4.78, 5) is 21.5. The molecule has 134 valence electrons. The SMILES string of the molecule is CCN1CCN(c2cccc(NC(=O)c3ccc4n[nH]nc4n3)c2)CC1. The molecule has 1 amide bonds. The Morgan fingerprint density at radius 2 is 2.00 bits per heavy atom. The first-order valence-corrected chi connectivity index (χ1v) is 8.79. The van der Waals surface area contributed by atoms with Gasteiger partial charge >= 0.3 is 0 Å². The van der Waals surface area contributed by atoms with Crippen molar-refractivity contribution in [2.75, 3.05) is 42.9 Å². The zero-order chi connectivity index (χ0) is 17.9. The minimum Gasteiger partial charge on any atom is -0.369 e. The molecule has 0 atom stereocenters. The van der Waals surface area contributed by atoms with Crippen molar-refractivity contribution in [2.24, 2.45) is 0 Å². The lowest BCUT2D eigenvalue weighted by molar-refractivity contribution is 0.102. The molecule has 3 heterocycles. The number of nitrogens with zero attached hydrogens (tertiary/aromatic N) is 5. The van der Waals surface area contributed by atoms with Crippen LogP contribution in [-0.4, -0.2) is 63.9 Å². The molecule has 0 aliphatic carbocycles. The highest BCUT2D eigenvalue weighted by Gasteiger charge is 2.16. The summed E-state index contributed by atoms with van der Waals surface area (Å²) in [5.74, 6) is -0.261. The molecule has 1 aromatic carbocycles. The van der Waals surface area contributed by atoms with Crippen molar-refractivity contribution in [1.29, 1.82) is 0 Å². The van der Waals surface area contributed by atoms with Gasteiger partial charge in [-0.3, -0.25) is 4.79 Å². The number of rotatable bonds is 4. The first kappa shape index (κ1) is 16.5. The average molecular weight is 351 g/mol. The maximum Gasteiger partial charge on any atom is 0.274 e. The standard InChI is InChI=1S/C18H21N7O/c1-2-24-8-10-25(11-9-24)14-5-3-4-13(12-14)19-18(26)16-7-6-15-17(20-16)22-23-21-15/h3-7,12H,2,8-11H2,1H3,(H,19,26)(H,20,21,22,23). The van der Waals surface area contributed by atoms with Gasteiger partial charge in [0.2, 0.25) is 5.65 Å². The summed E-state index contributed by atoms with van der Waals surface area (Å²) >= 11 is 0. The predicted molar refractivity (Wildman–Crippen MR) is 100 cm³/mol. The Labute approximate surface area is 151 Å². The topological polar surface area (TPSA) is 90.0 Å². The Morgan fingerprint density at radius 1 is 1.15 bits per heavy atom. The smallest absolute Gasteiger partial charge is 0.274 e. The number of hydrogen-bond donors (Lipinski definition) is 2. The second-order valence-electron chi connectivity index (χ2n) is 6.29. The fourth-order valence-corrected chi connectivity index (χ4v) is 3.16. The number of anilines is 2. The number of H-pyrrole nitrogens is 1. The van der Waals surface area contributed by atoms with E-state index in [1.54, 1.807) is 12.1 Å². The highest BCUT2D eigenvalue weighted by molar-refractivity contribution is 6.03. The molecule has 4 rings (SSSR count). The van der Waals surface area contributed by atoms with Crippen molar-refractivity contribution in [1.82, 2.24) is 25.3 Å². The van der Waals surface area contributed by atoms with Crippen LogP contribution in [0.5, 0.6) is 0 Å². The third kappa shape index (κ3) is 3.36. The Hall–Kier alpha value is -3.00. The number of benzene rings is 1. The lowest BCUT2D eigenvalue weighted by Crippen LogP contribution is -2.46. The molecule has 0 spiro atoms. The number of aromatic nitrogens is 4. The number of amides is 1. The molecule has 3 aromatic rings. The van der Waals surface area contributed by atoms with Crippen LogP contribution in [0.4, 0.5) is 11.4 Å². The van der Waals surface area contributed by atoms with Crippen LogP contribution in [0, 0.1) is 0 Å². The zero-order valence-electron chi connectivity index (χ0n) is 14.6. The molecule has 0 saturated carbocycles. The van der Waals surface area contributed by atoms with E-state index in [0.29, 0.717) is 16.9 Å². The van der Waals surface area contributed by atoms with Crippen LogP contribution < -0.4 is 10.2 Å². The summed E-state index contributed by atoms with van der Waals surface area (Å²) in [6.45, 7) is 7.40. The minimum absolute atomic E-state index is 0.261. The average Bonchev–Trinajstić information content (AvgIpc) is 3.16. The molecule has 8 heteroatoms. The first-order valence-electron chi connectivity index (χ1n) is 8.79. The third-order valence-corrected chi connectivity index (χ3v) is 4.70. The Balaban J connectivity index is 1.47. The van der Waals surface area contributed by atoms with Gasteiger partial charge in [0.15, 0.2) is 0 Å². The van der Waals surface area contributed by atoms with Crippen LogP contribution in [-0.2, 0) is 0 Å². The highest BCUT2D eigenvalue weighted by Crippen LogP contribution is 2.21. The number of piperazine rings is 1. The van der Waals surface area contributed by atoms with Crippen molar-refractivity contribution < 1.29 is 4.79 Å². The van der Waals surface area contributed by atoms with Crippen molar-refractivity contribution in [3.63, 3.8) is 0 Å². The van der Waals surface area contributed by atoms with Crippen LogP contribution in [0.15, 0.2) is 36.4 Å². The largest absolute Gasteiger partial charge is 0.369 e. The summed E-state index contributed by atoms with van der Waals surface area (Å²) in [6.07, 6.45) is 0. The predicted octanol–water partition coefficient (Wildman–Crippen LogP) is 1.75. The fraction of sp³-hybridized carbons (Fsp3) is 0.333. The summed E-state index contributed by atoms with van der Waals surface area (Å²) in [5, 5.41) is 13.3. The number of fused-ring (bicyclic) bond motifs is 1. The van der Waals surface area contributed by atoms with Crippen molar-refractivity contribution in [3.8, 4) is 0 Å². The van der Waals surface area contributed by atoms with Crippen LogP contribution in [0.3, 0.4) is 0 Å². The minimum atomic E-state index is -0.261. The van der Waals surface area contributed by atoms with Gasteiger partial charge in [-0.25, -0.2) is 4.98 Å². The number of carbonyl (C=O) groups excluding carboxylic acids is 1. The second-order valence-corrected chi connectivity index (χ2v) is 6.29. The van der Waals surface area contributed by atoms with E-state index in [-0.39, 0.29) is 5.91 Å². The molecule has 8 nitrogen and oxygen atoms in total. The van der Waals surface area contributed by atoms with E-state index < -0.39 is 0 Å². The van der Waals surface area contributed by atoms with Gasteiger partial charge < -0.3 is 15.1 Å². The molecule has 1 aliphatic heterocycles. The highest BCUT2D eigenvalue weighted by atomic mass is 16.1. The Kier molecular flexibility index (Phi) is 4.49. The van der Waals surface area contributed by atoms with Crippen LogP contribution >= 0.6 is 0 Å². The molecular formula is C18H21N7O. The molecule has 2 N–H and O–H groups in total. The number of likely N-dealkylation sites (N-methyl/N-ethyl adjacent to an activating group) is 1. The number of pyridine rings is 1. The van der Waals surface area contributed by atoms with E-state index >= 15 is 0 Å². The van der Waals surface area contributed by atoms with Gasteiger partial charge in [0, 0.05) is 37.6 Å². The molecule has 26 heavy (non-hydrogen) atoms. The van der Waals surface area contributed by atoms with E-state index in [2.05, 4.69) is 48.5 Å². The number of hydrogen-bond acceptors (Lipinski definition) is 6. The maximum absolute atomic E-state index is 12.5.